The minimum Gasteiger partial charge on any atom is -0.465 e. The maximum absolute atomic E-state index is 13.3. The van der Waals surface area contributed by atoms with E-state index >= 15 is 0 Å². The number of hydrogen-bond acceptors (Lipinski definition) is 9. The molecule has 17 heteroatoms. The predicted molar refractivity (Wildman–Crippen MR) is 214 cm³/mol. The molecule has 0 radical (unpaired) electrons. The van der Waals surface area contributed by atoms with Gasteiger partial charge in [0.05, 0.1) is 23.2 Å². The predicted octanol–water partition coefficient (Wildman–Crippen LogP) is 9.35. The number of nitrogens with zero attached hydrogens (tertiary/aromatic N) is 6. The summed E-state index contributed by atoms with van der Waals surface area (Å²) in [5.74, 6) is -0.380. The molecule has 1 aliphatic carbocycles. The average Bonchev–Trinajstić information content (AvgIpc) is 3.49. The summed E-state index contributed by atoms with van der Waals surface area (Å²) in [5.41, 5.74) is -0.565. The van der Waals surface area contributed by atoms with Gasteiger partial charge in [0, 0.05) is 47.7 Å². The van der Waals surface area contributed by atoms with Crippen molar-refractivity contribution in [3.63, 3.8) is 0 Å². The molecule has 2 aromatic heterocycles. The number of anilines is 2. The van der Waals surface area contributed by atoms with Crippen molar-refractivity contribution in [3.8, 4) is 11.3 Å². The van der Waals surface area contributed by atoms with E-state index in [1.165, 1.54) is 18.3 Å². The van der Waals surface area contributed by atoms with Crippen LogP contribution in [-0.2, 0) is 33.9 Å². The number of carbonyl (C=O) groups is 4. The summed E-state index contributed by atoms with van der Waals surface area (Å²) in [6.07, 6.45) is -5.08. The van der Waals surface area contributed by atoms with Crippen LogP contribution in [0.4, 0.5) is 39.3 Å². The van der Waals surface area contributed by atoms with Gasteiger partial charge in [-0.25, -0.2) is 34.2 Å². The molecule has 3 aromatic carbocycles. The van der Waals surface area contributed by atoms with Gasteiger partial charge >= 0.3 is 24.5 Å². The van der Waals surface area contributed by atoms with E-state index in [1.54, 1.807) is 59.3 Å². The Morgan fingerprint density at radius 3 is 2.05 bits per heavy atom. The third-order valence-electron chi connectivity index (χ3n) is 9.62. The van der Waals surface area contributed by atoms with Crippen molar-refractivity contribution in [2.45, 2.75) is 103 Å². The highest BCUT2D eigenvalue weighted by Gasteiger charge is 2.41. The molecular formula is C42H46F3N7O7. The lowest BCUT2D eigenvalue weighted by Crippen LogP contribution is -2.52. The first kappa shape index (κ1) is 42.3. The number of alkyl halides is 3. The molecule has 5 aromatic rings. The second kappa shape index (κ2) is 16.2. The monoisotopic (exact) mass is 817 g/mol. The van der Waals surface area contributed by atoms with Gasteiger partial charge in [-0.05, 0) is 90.3 Å². The summed E-state index contributed by atoms with van der Waals surface area (Å²) in [7, 11) is 1.69. The number of fused-ring (bicyclic) bond motifs is 3. The summed E-state index contributed by atoms with van der Waals surface area (Å²) < 4.78 is 52.3. The second-order valence-corrected chi connectivity index (χ2v) is 16.5. The number of halogens is 3. The fourth-order valence-corrected chi connectivity index (χ4v) is 7.17. The van der Waals surface area contributed by atoms with Crippen LogP contribution in [-0.4, -0.2) is 77.2 Å². The molecule has 59 heavy (non-hydrogen) atoms. The van der Waals surface area contributed by atoms with Gasteiger partial charge < -0.3 is 19.9 Å². The van der Waals surface area contributed by atoms with Gasteiger partial charge in [-0.1, -0.05) is 42.5 Å². The molecule has 4 amide bonds. The topological polar surface area (TPSA) is 169 Å². The van der Waals surface area contributed by atoms with Crippen LogP contribution in [0.3, 0.4) is 0 Å². The van der Waals surface area contributed by atoms with Crippen molar-refractivity contribution >= 4 is 57.6 Å². The average molecular weight is 818 g/mol. The molecule has 0 atom stereocenters. The molecule has 2 N–H and O–H groups in total. The van der Waals surface area contributed by atoms with E-state index < -0.39 is 59.2 Å². The van der Waals surface area contributed by atoms with Crippen LogP contribution in [0.2, 0.25) is 0 Å². The van der Waals surface area contributed by atoms with E-state index in [9.17, 15) is 37.5 Å². The molecular weight excluding hydrogens is 771 g/mol. The number of aryl methyl sites for hydroxylation is 1. The van der Waals surface area contributed by atoms with Crippen LogP contribution in [0.15, 0.2) is 66.9 Å². The van der Waals surface area contributed by atoms with Gasteiger partial charge in [-0.2, -0.15) is 18.3 Å². The molecule has 2 heterocycles. The highest BCUT2D eigenvalue weighted by molar-refractivity contribution is 6.12. The van der Waals surface area contributed by atoms with E-state index in [4.69, 9.17) is 14.5 Å². The first-order valence-electron chi connectivity index (χ1n) is 19.0. The summed E-state index contributed by atoms with van der Waals surface area (Å²) in [5, 5.41) is 19.6. The van der Waals surface area contributed by atoms with Crippen molar-refractivity contribution in [1.82, 2.24) is 24.6 Å². The van der Waals surface area contributed by atoms with E-state index in [-0.39, 0.29) is 36.6 Å². The zero-order valence-corrected chi connectivity index (χ0v) is 33.8. The van der Waals surface area contributed by atoms with Crippen LogP contribution in [0.5, 0.6) is 0 Å². The Bertz CT molecular complexity index is 2380. The number of ether oxygens (including phenoxy) is 2. The van der Waals surface area contributed by atoms with Crippen molar-refractivity contribution in [2.75, 3.05) is 10.2 Å². The zero-order valence-electron chi connectivity index (χ0n) is 33.8. The molecule has 1 saturated carbocycles. The van der Waals surface area contributed by atoms with Gasteiger partial charge in [0.1, 0.15) is 11.2 Å². The maximum Gasteiger partial charge on any atom is 0.420 e. The Hall–Kier alpha value is -6.26. The van der Waals surface area contributed by atoms with E-state index in [1.807, 2.05) is 30.3 Å². The largest absolute Gasteiger partial charge is 0.465 e. The number of benzene rings is 3. The third-order valence-corrected chi connectivity index (χ3v) is 9.62. The minimum atomic E-state index is -4.53. The zero-order chi connectivity index (χ0) is 43.0. The van der Waals surface area contributed by atoms with Crippen LogP contribution in [0.1, 0.15) is 78.4 Å². The highest BCUT2D eigenvalue weighted by Crippen LogP contribution is 2.37. The third kappa shape index (κ3) is 9.89. The Balaban J connectivity index is 1.24. The van der Waals surface area contributed by atoms with Crippen molar-refractivity contribution in [2.24, 2.45) is 7.05 Å². The smallest absolute Gasteiger partial charge is 0.420 e. The molecule has 0 aliphatic heterocycles. The van der Waals surface area contributed by atoms with E-state index in [0.717, 1.165) is 27.3 Å². The normalized spacial score (nSPS) is 16.1. The Labute approximate surface area is 338 Å². The summed E-state index contributed by atoms with van der Waals surface area (Å²) in [6, 6.07) is 14.3. The Morgan fingerprint density at radius 2 is 1.46 bits per heavy atom. The molecule has 312 valence electrons. The van der Waals surface area contributed by atoms with Crippen LogP contribution in [0, 0.1) is 0 Å². The van der Waals surface area contributed by atoms with Crippen molar-refractivity contribution in [1.29, 1.82) is 0 Å². The second-order valence-electron chi connectivity index (χ2n) is 16.5. The van der Waals surface area contributed by atoms with Crippen molar-refractivity contribution in [3.05, 3.63) is 78.0 Å². The number of amides is 4. The molecule has 0 unspecified atom stereocenters. The molecule has 1 aliphatic rings. The molecule has 1 fully saturated rings. The molecule has 0 bridgehead atoms. The number of aromatic nitrogens is 4. The first-order valence-corrected chi connectivity index (χ1v) is 19.0. The number of carboxylic acid groups (broad SMARTS) is 1. The quantitative estimate of drug-likeness (QED) is 0.151. The lowest BCUT2D eigenvalue weighted by atomic mass is 9.89. The standard InChI is InChI=1S/C42H46F3N7O7/c1-40(2,3)58-38(56)52(39(57)59-41(4,5)6)28-17-15-27(16-18-28)51(37(54)55)36-46-23-25-21-31(29-13-8-9-14-30(29)35(25)48-36)32-22-33(49-50(32)7)47-34(53)20-24-11-10-12-26(19-24)42(43,44)45/h8-14,19,21-23,27-28H,15-18,20H2,1-7H3,(H,54,55)(H,47,49,53). The summed E-state index contributed by atoms with van der Waals surface area (Å²) in [4.78, 5) is 63.7. The van der Waals surface area contributed by atoms with Gasteiger partial charge in [-0.3, -0.25) is 9.48 Å². The summed E-state index contributed by atoms with van der Waals surface area (Å²) >= 11 is 0. The Morgan fingerprint density at radius 1 is 0.847 bits per heavy atom. The summed E-state index contributed by atoms with van der Waals surface area (Å²) in [6.45, 7) is 10.2. The maximum atomic E-state index is 13.3. The highest BCUT2D eigenvalue weighted by atomic mass is 19.4. The molecule has 6 rings (SSSR count). The van der Waals surface area contributed by atoms with Crippen molar-refractivity contribution < 1.29 is 46.9 Å². The lowest BCUT2D eigenvalue weighted by Gasteiger charge is -2.38. The minimum absolute atomic E-state index is 0.0335. The molecule has 14 nitrogen and oxygen atoms in total. The van der Waals surface area contributed by atoms with Gasteiger partial charge in [0.2, 0.25) is 11.9 Å². The number of rotatable bonds is 7. The van der Waals surface area contributed by atoms with Gasteiger partial charge in [-0.15, -0.1) is 0 Å². The van der Waals surface area contributed by atoms with Crippen LogP contribution in [0.25, 0.3) is 32.9 Å². The fraction of sp³-hybridized carbons (Fsp3) is 0.405. The van der Waals surface area contributed by atoms with Crippen LogP contribution < -0.4 is 10.2 Å². The SMILES string of the molecule is Cn1nc(NC(=O)Cc2cccc(C(F)(F)F)c2)cc1-c1cc2cnc(N(C(=O)O)C3CCC(N(C(=O)OC(C)(C)C)C(=O)OC(C)(C)C)CC3)nc2c2ccccc12. The molecule has 0 saturated heterocycles. The number of hydrogen-bond donors (Lipinski definition) is 2. The number of imide groups is 1. The van der Waals surface area contributed by atoms with E-state index in [0.29, 0.717) is 40.4 Å². The first-order chi connectivity index (χ1) is 27.6. The van der Waals surface area contributed by atoms with E-state index in [2.05, 4.69) is 15.4 Å². The van der Waals surface area contributed by atoms with Gasteiger partial charge in [0.15, 0.2) is 5.82 Å². The number of carbonyl (C=O) groups excluding carboxylic acids is 3. The lowest BCUT2D eigenvalue weighted by molar-refractivity contribution is -0.137. The van der Waals surface area contributed by atoms with Gasteiger partial charge in [0.25, 0.3) is 0 Å². The molecule has 0 spiro atoms. The Kier molecular flexibility index (Phi) is 11.6. The van der Waals surface area contributed by atoms with Crippen LogP contribution >= 0.6 is 0 Å². The fourth-order valence-electron chi connectivity index (χ4n) is 7.17. The number of nitrogens with one attached hydrogen (secondary N) is 1.